The van der Waals surface area contributed by atoms with Crippen molar-refractivity contribution in [2.75, 3.05) is 0 Å². The van der Waals surface area contributed by atoms with E-state index in [2.05, 4.69) is 27.2 Å². The van der Waals surface area contributed by atoms with E-state index in [4.69, 9.17) is 0 Å². The second-order valence-corrected chi connectivity index (χ2v) is 6.33. The standard InChI is InChI=1S/C19H26N4O2/c1-4-5-6-9-13(2)21-17(24)12-15-14(3)22-18(23-19(15)25)16-10-7-8-11-20-16/h7-8,10-11,13H,4-6,9,12H2,1-3H3,(H,21,24)(H,22,23,25)/t13-/m1/s1. The maximum absolute atomic E-state index is 12.4. The second-order valence-electron chi connectivity index (χ2n) is 6.33. The van der Waals surface area contributed by atoms with Crippen molar-refractivity contribution < 1.29 is 4.79 Å². The van der Waals surface area contributed by atoms with E-state index in [-0.39, 0.29) is 23.9 Å². The van der Waals surface area contributed by atoms with Crippen LogP contribution >= 0.6 is 0 Å². The van der Waals surface area contributed by atoms with E-state index in [1.165, 1.54) is 0 Å². The van der Waals surface area contributed by atoms with Gasteiger partial charge >= 0.3 is 0 Å². The van der Waals surface area contributed by atoms with Crippen molar-refractivity contribution in [3.8, 4) is 11.5 Å². The van der Waals surface area contributed by atoms with Crippen LogP contribution in [0.15, 0.2) is 29.2 Å². The normalized spacial score (nSPS) is 12.0. The molecule has 0 saturated heterocycles. The van der Waals surface area contributed by atoms with Gasteiger partial charge in [0.15, 0.2) is 5.82 Å². The lowest BCUT2D eigenvalue weighted by atomic mass is 10.1. The third-order valence-electron chi connectivity index (χ3n) is 4.12. The molecule has 25 heavy (non-hydrogen) atoms. The Balaban J connectivity index is 2.05. The summed E-state index contributed by atoms with van der Waals surface area (Å²) in [6.45, 7) is 5.89. The molecule has 1 amide bonds. The molecule has 0 aliphatic carbocycles. The second kappa shape index (κ2) is 9.11. The number of rotatable bonds is 8. The van der Waals surface area contributed by atoms with Crippen molar-refractivity contribution in [2.45, 2.75) is 58.9 Å². The molecule has 6 heteroatoms. The predicted molar refractivity (Wildman–Crippen MR) is 98.3 cm³/mol. The van der Waals surface area contributed by atoms with Gasteiger partial charge in [0, 0.05) is 23.5 Å². The zero-order chi connectivity index (χ0) is 18.2. The highest BCUT2D eigenvalue weighted by molar-refractivity contribution is 5.79. The molecule has 0 radical (unpaired) electrons. The van der Waals surface area contributed by atoms with Crippen molar-refractivity contribution in [3.05, 3.63) is 46.0 Å². The van der Waals surface area contributed by atoms with Gasteiger partial charge in [0.2, 0.25) is 5.91 Å². The molecule has 0 unspecified atom stereocenters. The lowest BCUT2D eigenvalue weighted by molar-refractivity contribution is -0.121. The molecule has 134 valence electrons. The number of amides is 1. The Hall–Kier alpha value is -2.50. The summed E-state index contributed by atoms with van der Waals surface area (Å²) in [5, 5.41) is 2.96. The SMILES string of the molecule is CCCCC[C@@H](C)NC(=O)Cc1c(C)nc(-c2ccccn2)[nH]c1=O. The summed E-state index contributed by atoms with van der Waals surface area (Å²) in [4.78, 5) is 35.9. The maximum atomic E-state index is 12.4. The average Bonchev–Trinajstić information content (AvgIpc) is 2.59. The molecule has 2 heterocycles. The monoisotopic (exact) mass is 342 g/mol. The lowest BCUT2D eigenvalue weighted by Crippen LogP contribution is -2.35. The first-order chi connectivity index (χ1) is 12.0. The first-order valence-corrected chi connectivity index (χ1v) is 8.81. The van der Waals surface area contributed by atoms with E-state index in [0.29, 0.717) is 22.8 Å². The third-order valence-corrected chi connectivity index (χ3v) is 4.12. The largest absolute Gasteiger partial charge is 0.353 e. The van der Waals surface area contributed by atoms with Gasteiger partial charge in [-0.15, -0.1) is 0 Å². The number of aromatic nitrogens is 3. The maximum Gasteiger partial charge on any atom is 0.255 e. The summed E-state index contributed by atoms with van der Waals surface area (Å²) in [6, 6.07) is 5.52. The lowest BCUT2D eigenvalue weighted by Gasteiger charge is -2.14. The first kappa shape index (κ1) is 18.8. The summed E-state index contributed by atoms with van der Waals surface area (Å²) >= 11 is 0. The molecule has 1 atom stereocenters. The molecule has 2 rings (SSSR count). The number of pyridine rings is 1. The molecule has 2 aromatic rings. The van der Waals surface area contributed by atoms with Crippen molar-refractivity contribution in [2.24, 2.45) is 0 Å². The number of aromatic amines is 1. The van der Waals surface area contributed by atoms with Crippen molar-refractivity contribution in [1.82, 2.24) is 20.3 Å². The van der Waals surface area contributed by atoms with Crippen LogP contribution in [0.1, 0.15) is 50.8 Å². The van der Waals surface area contributed by atoms with Crippen LogP contribution in [0.25, 0.3) is 11.5 Å². The predicted octanol–water partition coefficient (Wildman–Crippen LogP) is 2.77. The van der Waals surface area contributed by atoms with Crippen LogP contribution < -0.4 is 10.9 Å². The number of carbonyl (C=O) groups is 1. The number of nitrogens with one attached hydrogen (secondary N) is 2. The Morgan fingerprint density at radius 3 is 2.76 bits per heavy atom. The minimum Gasteiger partial charge on any atom is -0.353 e. The Bertz CT molecular complexity index is 756. The van der Waals surface area contributed by atoms with Crippen LogP contribution in [0.5, 0.6) is 0 Å². The molecule has 2 aromatic heterocycles. The number of unbranched alkanes of at least 4 members (excludes halogenated alkanes) is 2. The summed E-state index contributed by atoms with van der Waals surface area (Å²) in [6.07, 6.45) is 6.05. The molecule has 0 aromatic carbocycles. The van der Waals surface area contributed by atoms with E-state index in [9.17, 15) is 9.59 Å². The number of nitrogens with zero attached hydrogens (tertiary/aromatic N) is 2. The topological polar surface area (TPSA) is 87.7 Å². The fourth-order valence-corrected chi connectivity index (χ4v) is 2.70. The van der Waals surface area contributed by atoms with Crippen LogP contribution in [0.3, 0.4) is 0 Å². The van der Waals surface area contributed by atoms with E-state index >= 15 is 0 Å². The van der Waals surface area contributed by atoms with Gasteiger partial charge in [0.25, 0.3) is 5.56 Å². The molecular formula is C19H26N4O2. The van der Waals surface area contributed by atoms with Gasteiger partial charge in [-0.3, -0.25) is 14.6 Å². The number of carbonyl (C=O) groups excluding carboxylic acids is 1. The van der Waals surface area contributed by atoms with Crippen LogP contribution in [0.2, 0.25) is 0 Å². The molecule has 0 spiro atoms. The zero-order valence-electron chi connectivity index (χ0n) is 15.1. The first-order valence-electron chi connectivity index (χ1n) is 8.81. The smallest absolute Gasteiger partial charge is 0.255 e. The van der Waals surface area contributed by atoms with Crippen LogP contribution in [0.4, 0.5) is 0 Å². The molecule has 2 N–H and O–H groups in total. The number of hydrogen-bond acceptors (Lipinski definition) is 4. The molecule has 0 fully saturated rings. The summed E-state index contributed by atoms with van der Waals surface area (Å²) in [5.74, 6) is 0.269. The van der Waals surface area contributed by atoms with E-state index in [1.807, 2.05) is 13.0 Å². The fraction of sp³-hybridized carbons (Fsp3) is 0.474. The summed E-state index contributed by atoms with van der Waals surface area (Å²) in [7, 11) is 0. The van der Waals surface area contributed by atoms with Crippen LogP contribution in [0, 0.1) is 6.92 Å². The van der Waals surface area contributed by atoms with Gasteiger partial charge in [0.05, 0.1) is 6.42 Å². The number of H-pyrrole nitrogens is 1. The van der Waals surface area contributed by atoms with Gasteiger partial charge in [-0.25, -0.2) is 4.98 Å². The highest BCUT2D eigenvalue weighted by atomic mass is 16.2. The van der Waals surface area contributed by atoms with Crippen LogP contribution in [-0.2, 0) is 11.2 Å². The molecular weight excluding hydrogens is 316 g/mol. The highest BCUT2D eigenvalue weighted by Gasteiger charge is 2.15. The quantitative estimate of drug-likeness (QED) is 0.722. The van der Waals surface area contributed by atoms with Gasteiger partial charge in [-0.1, -0.05) is 32.3 Å². The Labute approximate surface area is 148 Å². The van der Waals surface area contributed by atoms with Crippen molar-refractivity contribution >= 4 is 5.91 Å². The Morgan fingerprint density at radius 1 is 1.32 bits per heavy atom. The molecule has 0 bridgehead atoms. The van der Waals surface area contributed by atoms with Gasteiger partial charge < -0.3 is 10.3 Å². The van der Waals surface area contributed by atoms with Crippen molar-refractivity contribution in [1.29, 1.82) is 0 Å². The molecule has 0 saturated carbocycles. The summed E-state index contributed by atoms with van der Waals surface area (Å²) in [5.41, 5.74) is 1.27. The number of hydrogen-bond donors (Lipinski definition) is 2. The number of aryl methyl sites for hydroxylation is 1. The fourth-order valence-electron chi connectivity index (χ4n) is 2.70. The van der Waals surface area contributed by atoms with Crippen molar-refractivity contribution in [3.63, 3.8) is 0 Å². The molecule has 0 aliphatic heterocycles. The summed E-state index contributed by atoms with van der Waals surface area (Å²) < 4.78 is 0. The molecule has 6 nitrogen and oxygen atoms in total. The van der Waals surface area contributed by atoms with Gasteiger partial charge in [0.1, 0.15) is 5.69 Å². The average molecular weight is 342 g/mol. The minimum atomic E-state index is -0.290. The molecule has 0 aliphatic rings. The van der Waals surface area contributed by atoms with Crippen LogP contribution in [-0.4, -0.2) is 26.9 Å². The Kier molecular flexibility index (Phi) is 6.86. The van der Waals surface area contributed by atoms with Gasteiger partial charge in [-0.05, 0) is 32.4 Å². The van der Waals surface area contributed by atoms with E-state index in [0.717, 1.165) is 25.7 Å². The highest BCUT2D eigenvalue weighted by Crippen LogP contribution is 2.11. The minimum absolute atomic E-state index is 0.0365. The van der Waals surface area contributed by atoms with E-state index in [1.54, 1.807) is 25.3 Å². The zero-order valence-corrected chi connectivity index (χ0v) is 15.1. The van der Waals surface area contributed by atoms with E-state index < -0.39 is 0 Å². The Morgan fingerprint density at radius 2 is 2.12 bits per heavy atom. The van der Waals surface area contributed by atoms with Gasteiger partial charge in [-0.2, -0.15) is 0 Å². The third kappa shape index (κ3) is 5.52.